The molecule has 8 heteroatoms. The van der Waals surface area contributed by atoms with Gasteiger partial charge in [-0.3, -0.25) is 9.48 Å². The highest BCUT2D eigenvalue weighted by atomic mass is 35.5. The molecule has 21 heavy (non-hydrogen) atoms. The molecule has 0 saturated carbocycles. The number of aryl methyl sites for hydroxylation is 1. The standard InChI is InChI=1S/C13H14Cl2N4O2/c1-19-12(16)8(7-18-19)13(20)17-5-6-21-10-4-2-3-9(14)11(10)15/h2-4,7H,5-6,16H2,1H3,(H,17,20). The van der Waals surface area contributed by atoms with Crippen molar-refractivity contribution in [2.24, 2.45) is 7.05 Å². The summed E-state index contributed by atoms with van der Waals surface area (Å²) in [5.74, 6) is 0.479. The van der Waals surface area contributed by atoms with Crippen LogP contribution in [-0.2, 0) is 7.05 Å². The van der Waals surface area contributed by atoms with Crippen LogP contribution in [0.4, 0.5) is 5.82 Å². The number of halogens is 2. The third kappa shape index (κ3) is 3.59. The topological polar surface area (TPSA) is 82.2 Å². The normalized spacial score (nSPS) is 10.4. The largest absolute Gasteiger partial charge is 0.490 e. The zero-order chi connectivity index (χ0) is 15.4. The first-order chi connectivity index (χ1) is 10.0. The van der Waals surface area contributed by atoms with Gasteiger partial charge in [-0.05, 0) is 12.1 Å². The van der Waals surface area contributed by atoms with Gasteiger partial charge in [-0.15, -0.1) is 0 Å². The van der Waals surface area contributed by atoms with Gasteiger partial charge < -0.3 is 15.8 Å². The van der Waals surface area contributed by atoms with Crippen molar-refractivity contribution in [3.63, 3.8) is 0 Å². The van der Waals surface area contributed by atoms with Crippen LogP contribution in [0.3, 0.4) is 0 Å². The van der Waals surface area contributed by atoms with Crippen LogP contribution in [0.2, 0.25) is 10.0 Å². The van der Waals surface area contributed by atoms with Crippen molar-refractivity contribution in [3.05, 3.63) is 40.0 Å². The van der Waals surface area contributed by atoms with Crippen molar-refractivity contribution in [1.82, 2.24) is 15.1 Å². The number of nitrogens with one attached hydrogen (secondary N) is 1. The third-order valence-electron chi connectivity index (χ3n) is 2.79. The highest BCUT2D eigenvalue weighted by Gasteiger charge is 2.13. The number of rotatable bonds is 5. The number of benzene rings is 1. The van der Waals surface area contributed by atoms with Gasteiger partial charge >= 0.3 is 0 Å². The molecule has 0 spiro atoms. The number of aromatic nitrogens is 2. The summed E-state index contributed by atoms with van der Waals surface area (Å²) in [5, 5.41) is 7.35. The summed E-state index contributed by atoms with van der Waals surface area (Å²) in [6.45, 7) is 0.558. The van der Waals surface area contributed by atoms with Gasteiger partial charge in [0.1, 0.15) is 28.8 Å². The number of amides is 1. The van der Waals surface area contributed by atoms with Crippen LogP contribution in [0.1, 0.15) is 10.4 Å². The Hall–Kier alpha value is -1.92. The van der Waals surface area contributed by atoms with Gasteiger partial charge in [-0.25, -0.2) is 0 Å². The lowest BCUT2D eigenvalue weighted by molar-refractivity contribution is 0.0948. The van der Waals surface area contributed by atoms with Crippen molar-refractivity contribution >= 4 is 34.9 Å². The number of nitrogens with zero attached hydrogens (tertiary/aromatic N) is 2. The van der Waals surface area contributed by atoms with Crippen molar-refractivity contribution in [1.29, 1.82) is 0 Å². The Balaban J connectivity index is 1.84. The van der Waals surface area contributed by atoms with E-state index in [0.29, 0.717) is 33.7 Å². The maximum atomic E-state index is 11.9. The lowest BCUT2D eigenvalue weighted by Gasteiger charge is -2.09. The lowest BCUT2D eigenvalue weighted by atomic mass is 10.3. The summed E-state index contributed by atoms with van der Waals surface area (Å²) in [6, 6.07) is 5.11. The highest BCUT2D eigenvalue weighted by molar-refractivity contribution is 6.42. The fourth-order valence-electron chi connectivity index (χ4n) is 1.64. The molecule has 0 aliphatic heterocycles. The minimum Gasteiger partial charge on any atom is -0.490 e. The van der Waals surface area contributed by atoms with E-state index in [-0.39, 0.29) is 12.5 Å². The average Bonchev–Trinajstić information content (AvgIpc) is 2.79. The Morgan fingerprint density at radius 3 is 2.90 bits per heavy atom. The minimum atomic E-state index is -0.304. The van der Waals surface area contributed by atoms with Crippen LogP contribution in [0, 0.1) is 0 Å². The number of hydrogen-bond donors (Lipinski definition) is 2. The molecular formula is C13H14Cl2N4O2. The van der Waals surface area contributed by atoms with E-state index in [0.717, 1.165) is 0 Å². The molecule has 1 aromatic heterocycles. The van der Waals surface area contributed by atoms with E-state index >= 15 is 0 Å². The highest BCUT2D eigenvalue weighted by Crippen LogP contribution is 2.31. The lowest BCUT2D eigenvalue weighted by Crippen LogP contribution is -2.28. The van der Waals surface area contributed by atoms with Crippen LogP contribution in [0.5, 0.6) is 5.75 Å². The third-order valence-corrected chi connectivity index (χ3v) is 3.59. The molecule has 112 valence electrons. The number of anilines is 1. The summed E-state index contributed by atoms with van der Waals surface area (Å²) < 4.78 is 6.88. The van der Waals surface area contributed by atoms with Gasteiger partial charge in [0.15, 0.2) is 0 Å². The molecule has 0 atom stereocenters. The molecule has 0 aliphatic rings. The first-order valence-electron chi connectivity index (χ1n) is 6.13. The van der Waals surface area contributed by atoms with Gasteiger partial charge in [0.2, 0.25) is 0 Å². The molecule has 1 heterocycles. The second-order valence-electron chi connectivity index (χ2n) is 4.22. The Kier molecular flexibility index (Phi) is 4.93. The zero-order valence-electron chi connectivity index (χ0n) is 11.3. The number of carbonyl (C=O) groups is 1. The SMILES string of the molecule is Cn1ncc(C(=O)NCCOc2cccc(Cl)c2Cl)c1N. The maximum absolute atomic E-state index is 11.9. The number of ether oxygens (including phenoxy) is 1. The van der Waals surface area contributed by atoms with Crippen LogP contribution in [0.15, 0.2) is 24.4 Å². The van der Waals surface area contributed by atoms with Gasteiger partial charge in [0.25, 0.3) is 5.91 Å². The molecular weight excluding hydrogens is 315 g/mol. The number of nitrogen functional groups attached to an aromatic ring is 1. The van der Waals surface area contributed by atoms with Gasteiger partial charge in [0.05, 0.1) is 17.8 Å². The maximum Gasteiger partial charge on any atom is 0.256 e. The number of nitrogens with two attached hydrogens (primary N) is 1. The Bertz CT molecular complexity index is 658. The molecule has 0 fully saturated rings. The number of carbonyl (C=O) groups excluding carboxylic acids is 1. The molecule has 1 aromatic carbocycles. The van der Waals surface area contributed by atoms with Gasteiger partial charge in [0, 0.05) is 7.05 Å². The minimum absolute atomic E-state index is 0.256. The van der Waals surface area contributed by atoms with Gasteiger partial charge in [-0.2, -0.15) is 5.10 Å². The van der Waals surface area contributed by atoms with E-state index in [9.17, 15) is 4.79 Å². The molecule has 0 radical (unpaired) electrons. The molecule has 0 bridgehead atoms. The summed E-state index contributed by atoms with van der Waals surface area (Å²) in [4.78, 5) is 11.9. The summed E-state index contributed by atoms with van der Waals surface area (Å²) in [6.07, 6.45) is 1.42. The molecule has 1 amide bonds. The van der Waals surface area contributed by atoms with E-state index in [1.165, 1.54) is 10.9 Å². The molecule has 2 aromatic rings. The fraction of sp³-hybridized carbons (Fsp3) is 0.231. The van der Waals surface area contributed by atoms with E-state index in [1.54, 1.807) is 25.2 Å². The molecule has 6 nitrogen and oxygen atoms in total. The monoisotopic (exact) mass is 328 g/mol. The van der Waals surface area contributed by atoms with Crippen molar-refractivity contribution < 1.29 is 9.53 Å². The first-order valence-corrected chi connectivity index (χ1v) is 6.88. The Morgan fingerprint density at radius 2 is 2.24 bits per heavy atom. The fourth-order valence-corrected chi connectivity index (χ4v) is 1.98. The van der Waals surface area contributed by atoms with E-state index < -0.39 is 0 Å². The van der Waals surface area contributed by atoms with Crippen LogP contribution in [0.25, 0.3) is 0 Å². The van der Waals surface area contributed by atoms with Crippen LogP contribution < -0.4 is 15.8 Å². The quantitative estimate of drug-likeness (QED) is 0.823. The zero-order valence-corrected chi connectivity index (χ0v) is 12.8. The number of hydrogen-bond acceptors (Lipinski definition) is 4. The van der Waals surface area contributed by atoms with Crippen LogP contribution >= 0.6 is 23.2 Å². The molecule has 0 aliphatic carbocycles. The van der Waals surface area contributed by atoms with Crippen molar-refractivity contribution in [2.45, 2.75) is 0 Å². The smallest absolute Gasteiger partial charge is 0.256 e. The summed E-state index contributed by atoms with van der Waals surface area (Å²) >= 11 is 11.9. The predicted octanol–water partition coefficient (Wildman–Crippen LogP) is 2.12. The van der Waals surface area contributed by atoms with Crippen molar-refractivity contribution in [3.8, 4) is 5.75 Å². The van der Waals surface area contributed by atoms with Gasteiger partial charge in [-0.1, -0.05) is 29.3 Å². The average molecular weight is 329 g/mol. The molecule has 2 rings (SSSR count). The second-order valence-corrected chi connectivity index (χ2v) is 5.01. The van der Waals surface area contributed by atoms with Crippen LogP contribution in [-0.4, -0.2) is 28.8 Å². The first kappa shape index (κ1) is 15.5. The van der Waals surface area contributed by atoms with E-state index in [2.05, 4.69) is 10.4 Å². The second kappa shape index (κ2) is 6.69. The molecule has 0 saturated heterocycles. The molecule has 3 N–H and O–H groups in total. The predicted molar refractivity (Wildman–Crippen MR) is 81.9 cm³/mol. The van der Waals surface area contributed by atoms with Crippen molar-refractivity contribution in [2.75, 3.05) is 18.9 Å². The van der Waals surface area contributed by atoms with E-state index in [1.807, 2.05) is 0 Å². The Morgan fingerprint density at radius 1 is 1.48 bits per heavy atom. The molecule has 0 unspecified atom stereocenters. The Labute approximate surface area is 131 Å². The van der Waals surface area contributed by atoms with E-state index in [4.69, 9.17) is 33.7 Å². The summed E-state index contributed by atoms with van der Waals surface area (Å²) in [7, 11) is 1.66. The summed E-state index contributed by atoms with van der Waals surface area (Å²) in [5.41, 5.74) is 6.04.